The number of ketones is 1. The summed E-state index contributed by atoms with van der Waals surface area (Å²) in [6, 6.07) is 20.9. The number of carbonyl (C=O) groups excluding carboxylic acids is 1. The Hall–Kier alpha value is -3.68. The van der Waals surface area contributed by atoms with Crippen molar-refractivity contribution in [2.75, 3.05) is 20.2 Å². The van der Waals surface area contributed by atoms with Crippen LogP contribution in [-0.4, -0.2) is 43.3 Å². The smallest absolute Gasteiger partial charge is 0.198 e. The minimum Gasteiger partial charge on any atom is -0.497 e. The molecule has 1 heterocycles. The lowest BCUT2D eigenvalue weighted by atomic mass is 10.0. The van der Waals surface area contributed by atoms with E-state index in [4.69, 9.17) is 10.5 Å². The van der Waals surface area contributed by atoms with Crippen molar-refractivity contribution in [1.82, 2.24) is 10.6 Å². The highest BCUT2D eigenvalue weighted by molar-refractivity contribution is 6.02. The standard InChI is InChI=1S/C24H24N4O3/c1-31-19-10-8-16(9-11-19)22-20(13-25)23(30)28-24(27-22)26-14-21(29)18-7-6-15-4-2-3-5-17(15)12-18/h2-12,23,30H,13-14,25H2,1H3,(H2,26,27,28). The Kier molecular flexibility index (Phi) is 5.97. The number of hydrogen-bond donors (Lipinski definition) is 4. The van der Waals surface area contributed by atoms with Crippen LogP contribution < -0.4 is 21.1 Å². The van der Waals surface area contributed by atoms with Crippen molar-refractivity contribution in [2.24, 2.45) is 10.7 Å². The van der Waals surface area contributed by atoms with Crippen LogP contribution in [0.5, 0.6) is 5.75 Å². The lowest BCUT2D eigenvalue weighted by Gasteiger charge is -2.29. The van der Waals surface area contributed by atoms with Crippen molar-refractivity contribution in [3.8, 4) is 5.75 Å². The molecule has 4 rings (SSSR count). The van der Waals surface area contributed by atoms with Crippen LogP contribution in [0.15, 0.2) is 77.3 Å². The van der Waals surface area contributed by atoms with Gasteiger partial charge in [0.2, 0.25) is 0 Å². The second-order valence-electron chi connectivity index (χ2n) is 7.15. The highest BCUT2D eigenvalue weighted by Gasteiger charge is 2.24. The molecule has 1 unspecified atom stereocenters. The molecule has 158 valence electrons. The van der Waals surface area contributed by atoms with E-state index in [1.54, 1.807) is 13.2 Å². The van der Waals surface area contributed by atoms with Crippen LogP contribution in [0.1, 0.15) is 15.9 Å². The topological polar surface area (TPSA) is 109 Å². The van der Waals surface area contributed by atoms with Gasteiger partial charge in [-0.25, -0.2) is 4.99 Å². The highest BCUT2D eigenvalue weighted by Crippen LogP contribution is 2.23. The number of ether oxygens (including phenoxy) is 1. The number of fused-ring (bicyclic) bond motifs is 1. The number of Topliss-reactive ketones (excluding diaryl/α,β-unsaturated/α-hetero) is 1. The molecule has 0 saturated carbocycles. The second-order valence-corrected chi connectivity index (χ2v) is 7.15. The van der Waals surface area contributed by atoms with Crippen molar-refractivity contribution in [2.45, 2.75) is 6.23 Å². The van der Waals surface area contributed by atoms with E-state index in [-0.39, 0.29) is 18.9 Å². The Morgan fingerprint density at radius 1 is 1.10 bits per heavy atom. The molecule has 31 heavy (non-hydrogen) atoms. The summed E-state index contributed by atoms with van der Waals surface area (Å²) in [5.41, 5.74) is 8.53. The molecule has 5 N–H and O–H groups in total. The summed E-state index contributed by atoms with van der Waals surface area (Å²) in [5, 5.41) is 18.6. The predicted octanol–water partition coefficient (Wildman–Crippen LogP) is 2.27. The summed E-state index contributed by atoms with van der Waals surface area (Å²) >= 11 is 0. The normalized spacial score (nSPS) is 17.4. The Balaban J connectivity index is 1.54. The van der Waals surface area contributed by atoms with Gasteiger partial charge in [0.15, 0.2) is 18.0 Å². The molecular formula is C24H24N4O3. The first-order valence-electron chi connectivity index (χ1n) is 9.94. The molecule has 0 saturated heterocycles. The summed E-state index contributed by atoms with van der Waals surface area (Å²) in [6.45, 7) is 0.0973. The zero-order chi connectivity index (χ0) is 21.8. The van der Waals surface area contributed by atoms with Gasteiger partial charge in [-0.15, -0.1) is 0 Å². The van der Waals surface area contributed by atoms with Crippen molar-refractivity contribution >= 4 is 28.2 Å². The largest absolute Gasteiger partial charge is 0.497 e. The van der Waals surface area contributed by atoms with Gasteiger partial charge in [0.1, 0.15) is 12.3 Å². The van der Waals surface area contributed by atoms with Crippen LogP contribution >= 0.6 is 0 Å². The number of nitrogens with one attached hydrogen (secondary N) is 2. The molecule has 0 aromatic heterocycles. The zero-order valence-corrected chi connectivity index (χ0v) is 17.1. The summed E-state index contributed by atoms with van der Waals surface area (Å²) in [5.74, 6) is 0.920. The van der Waals surface area contributed by atoms with Gasteiger partial charge in [0.25, 0.3) is 0 Å². The molecule has 7 nitrogen and oxygen atoms in total. The molecule has 0 bridgehead atoms. The van der Waals surface area contributed by atoms with Crippen molar-refractivity contribution in [3.63, 3.8) is 0 Å². The Bertz CT molecular complexity index is 1170. The monoisotopic (exact) mass is 416 g/mol. The lowest BCUT2D eigenvalue weighted by molar-refractivity contribution is 0.100. The molecule has 0 aliphatic carbocycles. The zero-order valence-electron chi connectivity index (χ0n) is 17.1. The molecule has 0 spiro atoms. The minimum absolute atomic E-state index is 0.0613. The average Bonchev–Trinajstić information content (AvgIpc) is 2.82. The first-order valence-corrected chi connectivity index (χ1v) is 9.94. The summed E-state index contributed by atoms with van der Waals surface area (Å²) in [4.78, 5) is 17.0. The third kappa shape index (κ3) is 4.42. The maximum atomic E-state index is 12.7. The Morgan fingerprint density at radius 3 is 2.55 bits per heavy atom. The average molecular weight is 416 g/mol. The number of carbonyl (C=O) groups is 1. The Morgan fingerprint density at radius 2 is 1.84 bits per heavy atom. The third-order valence-corrected chi connectivity index (χ3v) is 5.22. The van der Waals surface area contributed by atoms with Gasteiger partial charge in [0.05, 0.1) is 12.8 Å². The van der Waals surface area contributed by atoms with E-state index in [0.717, 1.165) is 22.1 Å². The fourth-order valence-electron chi connectivity index (χ4n) is 3.51. The lowest BCUT2D eigenvalue weighted by Crippen LogP contribution is -2.50. The Labute approximate surface area is 180 Å². The van der Waals surface area contributed by atoms with Gasteiger partial charge in [-0.3, -0.25) is 4.79 Å². The van der Waals surface area contributed by atoms with Gasteiger partial charge in [-0.05, 0) is 46.7 Å². The van der Waals surface area contributed by atoms with Gasteiger partial charge >= 0.3 is 0 Å². The number of aliphatic hydroxyl groups excluding tert-OH is 1. The first-order chi connectivity index (χ1) is 15.1. The number of methoxy groups -OCH3 is 1. The molecule has 3 aromatic carbocycles. The van der Waals surface area contributed by atoms with Crippen LogP contribution in [0, 0.1) is 0 Å². The second kappa shape index (κ2) is 8.99. The number of nitrogens with zero attached hydrogens (tertiary/aromatic N) is 1. The number of nitrogens with two attached hydrogens (primary N) is 1. The SMILES string of the molecule is COc1ccc(C2=C(CN)C(O)NC(=NCC(=O)c3ccc4ccccc4c3)N2)cc1. The maximum Gasteiger partial charge on any atom is 0.198 e. The molecule has 1 atom stereocenters. The van der Waals surface area contributed by atoms with Gasteiger partial charge in [-0.2, -0.15) is 0 Å². The van der Waals surface area contributed by atoms with E-state index in [9.17, 15) is 9.90 Å². The van der Waals surface area contributed by atoms with Crippen LogP contribution in [-0.2, 0) is 0 Å². The van der Waals surface area contributed by atoms with E-state index >= 15 is 0 Å². The molecule has 0 amide bonds. The fraction of sp³-hybridized carbons (Fsp3) is 0.167. The minimum atomic E-state index is -1.00. The van der Waals surface area contributed by atoms with E-state index in [1.165, 1.54) is 0 Å². The van der Waals surface area contributed by atoms with Gasteiger partial charge < -0.3 is 26.2 Å². The van der Waals surface area contributed by atoms with E-state index in [2.05, 4.69) is 15.6 Å². The third-order valence-electron chi connectivity index (χ3n) is 5.22. The van der Waals surface area contributed by atoms with Gasteiger partial charge in [0, 0.05) is 17.7 Å². The number of aliphatic imine (C=N–C) groups is 1. The highest BCUT2D eigenvalue weighted by atomic mass is 16.5. The van der Waals surface area contributed by atoms with E-state index in [0.29, 0.717) is 22.8 Å². The van der Waals surface area contributed by atoms with E-state index < -0.39 is 6.23 Å². The molecule has 3 aromatic rings. The van der Waals surface area contributed by atoms with Crippen molar-refractivity contribution in [1.29, 1.82) is 0 Å². The summed E-state index contributed by atoms with van der Waals surface area (Å²) in [7, 11) is 1.60. The number of guanidine groups is 1. The molecule has 7 heteroatoms. The number of hydrogen-bond acceptors (Lipinski definition) is 5. The quantitative estimate of drug-likeness (QED) is 0.459. The summed E-state index contributed by atoms with van der Waals surface area (Å²) in [6.07, 6.45) is -1.00. The predicted molar refractivity (Wildman–Crippen MR) is 122 cm³/mol. The number of aliphatic hydroxyl groups is 1. The van der Waals surface area contributed by atoms with Crippen LogP contribution in [0.2, 0.25) is 0 Å². The van der Waals surface area contributed by atoms with Gasteiger partial charge in [-0.1, -0.05) is 36.4 Å². The molecule has 1 aliphatic heterocycles. The van der Waals surface area contributed by atoms with Crippen LogP contribution in [0.3, 0.4) is 0 Å². The fourth-order valence-corrected chi connectivity index (χ4v) is 3.51. The molecule has 1 aliphatic rings. The molecule has 0 fully saturated rings. The van der Waals surface area contributed by atoms with Crippen LogP contribution in [0.25, 0.3) is 16.5 Å². The first kappa shape index (κ1) is 20.6. The molecule has 0 radical (unpaired) electrons. The number of benzene rings is 3. The number of rotatable bonds is 6. The van der Waals surface area contributed by atoms with Crippen LogP contribution in [0.4, 0.5) is 0 Å². The summed E-state index contributed by atoms with van der Waals surface area (Å²) < 4.78 is 5.20. The molecular weight excluding hydrogens is 392 g/mol. The van der Waals surface area contributed by atoms with Crippen molar-refractivity contribution in [3.05, 3.63) is 83.4 Å². The maximum absolute atomic E-state index is 12.7. The van der Waals surface area contributed by atoms with E-state index in [1.807, 2.05) is 60.7 Å². The van der Waals surface area contributed by atoms with Crippen molar-refractivity contribution < 1.29 is 14.6 Å².